The quantitative estimate of drug-likeness (QED) is 0.839. The number of benzene rings is 1. The molecule has 1 amide bonds. The zero-order valence-electron chi connectivity index (χ0n) is 12.6. The molecule has 9 heteroatoms. The number of nitrogens with one attached hydrogen (secondary N) is 1. The molecule has 0 radical (unpaired) electrons. The number of hydrogen-bond donors (Lipinski definition) is 2. The van der Waals surface area contributed by atoms with Gasteiger partial charge in [-0.1, -0.05) is 5.16 Å². The highest BCUT2D eigenvalue weighted by atomic mass is 19.4. The second-order valence-electron chi connectivity index (χ2n) is 5.02. The molecule has 2 rings (SSSR count). The lowest BCUT2D eigenvalue weighted by molar-refractivity contribution is -0.137. The van der Waals surface area contributed by atoms with E-state index in [4.69, 9.17) is 9.26 Å². The fourth-order valence-electron chi connectivity index (χ4n) is 1.77. The van der Waals surface area contributed by atoms with E-state index in [-0.39, 0.29) is 24.6 Å². The second-order valence-corrected chi connectivity index (χ2v) is 5.02. The number of aliphatic hydroxyl groups is 1. The number of rotatable bonds is 6. The third-order valence-electron chi connectivity index (χ3n) is 2.98. The normalized spacial score (nSPS) is 12.7. The zero-order chi connectivity index (χ0) is 17.7. The zero-order valence-corrected chi connectivity index (χ0v) is 12.6. The van der Waals surface area contributed by atoms with Gasteiger partial charge in [-0.25, -0.2) is 0 Å². The molecule has 1 aromatic heterocycles. The summed E-state index contributed by atoms with van der Waals surface area (Å²) in [5.41, 5.74) is -0.700. The molecule has 0 fully saturated rings. The monoisotopic (exact) mass is 344 g/mol. The smallest absolute Gasteiger partial charge is 0.416 e. The molecule has 2 N–H and O–H groups in total. The molecule has 1 heterocycles. The maximum absolute atomic E-state index is 12.4. The van der Waals surface area contributed by atoms with Crippen molar-refractivity contribution >= 4 is 5.91 Å². The number of aryl methyl sites for hydroxylation is 1. The van der Waals surface area contributed by atoms with Crippen molar-refractivity contribution in [2.24, 2.45) is 0 Å². The standard InChI is InChI=1S/C15H15F3N2O4/c1-9-6-13(20-24-9)14(22)19-7-11(21)8-23-12-4-2-10(3-5-12)15(16,17)18/h2-6,11,21H,7-8H2,1H3,(H,19,22). The third-order valence-corrected chi connectivity index (χ3v) is 2.98. The number of halogens is 3. The second kappa shape index (κ2) is 7.35. The Morgan fingerprint density at radius 2 is 2.04 bits per heavy atom. The first-order chi connectivity index (χ1) is 11.3. The van der Waals surface area contributed by atoms with Gasteiger partial charge in [0.1, 0.15) is 24.2 Å². The Hall–Kier alpha value is -2.55. The van der Waals surface area contributed by atoms with E-state index in [1.807, 2.05) is 0 Å². The van der Waals surface area contributed by atoms with E-state index in [9.17, 15) is 23.1 Å². The molecule has 0 saturated carbocycles. The predicted molar refractivity (Wildman–Crippen MR) is 76.5 cm³/mol. The first-order valence-electron chi connectivity index (χ1n) is 6.95. The number of amides is 1. The van der Waals surface area contributed by atoms with Gasteiger partial charge in [-0.3, -0.25) is 4.79 Å². The van der Waals surface area contributed by atoms with Gasteiger partial charge in [0.25, 0.3) is 5.91 Å². The minimum absolute atomic E-state index is 0.0864. The number of aliphatic hydroxyl groups excluding tert-OH is 1. The van der Waals surface area contributed by atoms with Crippen LogP contribution in [0.25, 0.3) is 0 Å². The molecular formula is C15H15F3N2O4. The number of nitrogens with zero attached hydrogens (tertiary/aromatic N) is 1. The summed E-state index contributed by atoms with van der Waals surface area (Å²) in [6.45, 7) is 1.34. The lowest BCUT2D eigenvalue weighted by atomic mass is 10.2. The SMILES string of the molecule is Cc1cc(C(=O)NCC(O)COc2ccc(C(F)(F)F)cc2)no1. The molecule has 0 aliphatic heterocycles. The van der Waals surface area contributed by atoms with Gasteiger partial charge < -0.3 is 19.7 Å². The number of ether oxygens (including phenoxy) is 1. The van der Waals surface area contributed by atoms with Gasteiger partial charge in [0.15, 0.2) is 5.69 Å². The first-order valence-corrected chi connectivity index (χ1v) is 6.95. The molecule has 0 saturated heterocycles. The Morgan fingerprint density at radius 3 is 2.58 bits per heavy atom. The topological polar surface area (TPSA) is 84.6 Å². The van der Waals surface area contributed by atoms with Crippen molar-refractivity contribution in [1.82, 2.24) is 10.5 Å². The van der Waals surface area contributed by atoms with Gasteiger partial charge in [0.2, 0.25) is 0 Å². The van der Waals surface area contributed by atoms with E-state index >= 15 is 0 Å². The lowest BCUT2D eigenvalue weighted by Crippen LogP contribution is -2.35. The highest BCUT2D eigenvalue weighted by Gasteiger charge is 2.30. The summed E-state index contributed by atoms with van der Waals surface area (Å²) in [7, 11) is 0. The Balaban J connectivity index is 1.76. The molecule has 24 heavy (non-hydrogen) atoms. The first kappa shape index (κ1) is 17.8. The van der Waals surface area contributed by atoms with E-state index in [2.05, 4.69) is 10.5 Å². The van der Waals surface area contributed by atoms with Crippen molar-refractivity contribution < 1.29 is 32.3 Å². The van der Waals surface area contributed by atoms with Crippen LogP contribution in [0.15, 0.2) is 34.9 Å². The Labute approximate surface area is 135 Å². The molecule has 1 atom stereocenters. The summed E-state index contributed by atoms with van der Waals surface area (Å²) in [5.74, 6) is 0.146. The van der Waals surface area contributed by atoms with Gasteiger partial charge in [-0.05, 0) is 31.2 Å². The van der Waals surface area contributed by atoms with Gasteiger partial charge in [-0.15, -0.1) is 0 Å². The Bertz CT molecular complexity index is 683. The molecule has 1 unspecified atom stereocenters. The molecule has 2 aromatic rings. The van der Waals surface area contributed by atoms with Crippen molar-refractivity contribution in [2.75, 3.05) is 13.2 Å². The number of alkyl halides is 3. The van der Waals surface area contributed by atoms with Gasteiger partial charge >= 0.3 is 6.18 Å². The van der Waals surface area contributed by atoms with Crippen LogP contribution in [0.5, 0.6) is 5.75 Å². The molecule has 1 aromatic carbocycles. The van der Waals surface area contributed by atoms with E-state index in [0.717, 1.165) is 24.3 Å². The van der Waals surface area contributed by atoms with Crippen molar-refractivity contribution in [3.8, 4) is 5.75 Å². The van der Waals surface area contributed by atoms with Crippen LogP contribution in [0.1, 0.15) is 21.8 Å². The van der Waals surface area contributed by atoms with Crippen molar-refractivity contribution in [3.05, 3.63) is 47.3 Å². The summed E-state index contributed by atoms with van der Waals surface area (Å²) >= 11 is 0. The van der Waals surface area contributed by atoms with Crippen LogP contribution in [0, 0.1) is 6.92 Å². The summed E-state index contributed by atoms with van der Waals surface area (Å²) in [4.78, 5) is 11.7. The Kier molecular flexibility index (Phi) is 5.45. The van der Waals surface area contributed by atoms with E-state index in [0.29, 0.717) is 5.76 Å². The lowest BCUT2D eigenvalue weighted by Gasteiger charge is -2.13. The molecule has 0 bridgehead atoms. The summed E-state index contributed by atoms with van der Waals surface area (Å²) < 4.78 is 47.2. The van der Waals surface area contributed by atoms with Crippen molar-refractivity contribution in [3.63, 3.8) is 0 Å². The van der Waals surface area contributed by atoms with Crippen LogP contribution in [0.4, 0.5) is 13.2 Å². The molecule has 130 valence electrons. The molecular weight excluding hydrogens is 329 g/mol. The highest BCUT2D eigenvalue weighted by molar-refractivity contribution is 5.92. The molecule has 0 aliphatic rings. The molecule has 0 aliphatic carbocycles. The number of aromatic nitrogens is 1. The third kappa shape index (κ3) is 4.98. The largest absolute Gasteiger partial charge is 0.491 e. The summed E-state index contributed by atoms with van der Waals surface area (Å²) in [5, 5.41) is 15.7. The molecule has 0 spiro atoms. The maximum Gasteiger partial charge on any atom is 0.416 e. The van der Waals surface area contributed by atoms with Crippen LogP contribution >= 0.6 is 0 Å². The van der Waals surface area contributed by atoms with Crippen LogP contribution in [-0.2, 0) is 6.18 Å². The van der Waals surface area contributed by atoms with Gasteiger partial charge in [0, 0.05) is 12.6 Å². The average molecular weight is 344 g/mol. The van der Waals surface area contributed by atoms with E-state index in [1.54, 1.807) is 6.92 Å². The van der Waals surface area contributed by atoms with Crippen LogP contribution in [0.3, 0.4) is 0 Å². The van der Waals surface area contributed by atoms with E-state index in [1.165, 1.54) is 6.07 Å². The van der Waals surface area contributed by atoms with E-state index < -0.39 is 23.8 Å². The van der Waals surface area contributed by atoms with Crippen molar-refractivity contribution in [2.45, 2.75) is 19.2 Å². The fraction of sp³-hybridized carbons (Fsp3) is 0.333. The minimum Gasteiger partial charge on any atom is -0.491 e. The number of carbonyl (C=O) groups excluding carboxylic acids is 1. The fourth-order valence-corrected chi connectivity index (χ4v) is 1.77. The molecule has 6 nitrogen and oxygen atoms in total. The van der Waals surface area contributed by atoms with Gasteiger partial charge in [-0.2, -0.15) is 13.2 Å². The summed E-state index contributed by atoms with van der Waals surface area (Å²) in [6, 6.07) is 5.53. The highest BCUT2D eigenvalue weighted by Crippen LogP contribution is 2.30. The van der Waals surface area contributed by atoms with Crippen molar-refractivity contribution in [1.29, 1.82) is 0 Å². The Morgan fingerprint density at radius 1 is 1.38 bits per heavy atom. The summed E-state index contributed by atoms with van der Waals surface area (Å²) in [6.07, 6.45) is -5.45. The number of hydrogen-bond acceptors (Lipinski definition) is 5. The average Bonchev–Trinajstić information content (AvgIpc) is 2.96. The van der Waals surface area contributed by atoms with Crippen LogP contribution < -0.4 is 10.1 Å². The van der Waals surface area contributed by atoms with Crippen LogP contribution in [-0.4, -0.2) is 35.4 Å². The van der Waals surface area contributed by atoms with Crippen LogP contribution in [0.2, 0.25) is 0 Å². The number of carbonyl (C=O) groups is 1. The van der Waals surface area contributed by atoms with Gasteiger partial charge in [0.05, 0.1) is 5.56 Å². The predicted octanol–water partition coefficient (Wildman–Crippen LogP) is 2.17. The minimum atomic E-state index is -4.41. The maximum atomic E-state index is 12.4.